The number of amides is 1. The first-order valence-electron chi connectivity index (χ1n) is 8.67. The summed E-state index contributed by atoms with van der Waals surface area (Å²) in [6, 6.07) is 7.63. The molecule has 2 aromatic heterocycles. The number of benzene rings is 1. The number of aromatic nitrogens is 4. The normalized spacial score (nSPS) is 11.0. The number of nitrogens with zero attached hydrogens (tertiary/aromatic N) is 4. The van der Waals surface area contributed by atoms with Gasteiger partial charge in [0.2, 0.25) is 0 Å². The van der Waals surface area contributed by atoms with E-state index in [2.05, 4.69) is 47.4 Å². The summed E-state index contributed by atoms with van der Waals surface area (Å²) in [5.41, 5.74) is 4.64. The molecule has 0 spiro atoms. The monoisotopic (exact) mass is 493 g/mol. The predicted octanol–water partition coefficient (Wildman–Crippen LogP) is 4.22. The Labute approximate surface area is 175 Å². The summed E-state index contributed by atoms with van der Waals surface area (Å²) < 4.78 is 5.72. The smallest absolute Gasteiger partial charge is 0.251 e. The Balaban J connectivity index is 1.72. The van der Waals surface area contributed by atoms with Crippen molar-refractivity contribution in [3.8, 4) is 0 Å². The van der Waals surface area contributed by atoms with Gasteiger partial charge in [0.05, 0.1) is 45.3 Å². The third-order valence-electron chi connectivity index (χ3n) is 4.43. The molecule has 0 aliphatic carbocycles. The molecule has 2 heterocycles. The van der Waals surface area contributed by atoms with Crippen molar-refractivity contribution in [2.75, 3.05) is 0 Å². The van der Waals surface area contributed by atoms with Crippen molar-refractivity contribution >= 4 is 37.8 Å². The molecular weight excluding hydrogens is 474 g/mol. The Morgan fingerprint density at radius 3 is 2.67 bits per heavy atom. The van der Waals surface area contributed by atoms with E-state index >= 15 is 0 Å². The van der Waals surface area contributed by atoms with Crippen molar-refractivity contribution in [2.45, 2.75) is 40.4 Å². The number of aryl methyl sites for hydroxylation is 2. The minimum atomic E-state index is -0.109. The fourth-order valence-electron chi connectivity index (χ4n) is 2.92. The van der Waals surface area contributed by atoms with Crippen LogP contribution in [0.1, 0.15) is 39.9 Å². The second-order valence-corrected chi connectivity index (χ2v) is 7.93. The average Bonchev–Trinajstić information content (AvgIpc) is 3.14. The topological polar surface area (TPSA) is 64.7 Å². The van der Waals surface area contributed by atoms with Crippen LogP contribution in [0.5, 0.6) is 0 Å². The van der Waals surface area contributed by atoms with Gasteiger partial charge in [-0.1, -0.05) is 12.1 Å². The van der Waals surface area contributed by atoms with Crippen LogP contribution in [0.15, 0.2) is 39.4 Å². The molecule has 1 N–H and O–H groups in total. The zero-order valence-electron chi connectivity index (χ0n) is 15.5. The summed E-state index contributed by atoms with van der Waals surface area (Å²) in [5.74, 6) is -0.109. The lowest BCUT2D eigenvalue weighted by Crippen LogP contribution is -2.24. The van der Waals surface area contributed by atoms with Gasteiger partial charge in [-0.05, 0) is 70.3 Å². The van der Waals surface area contributed by atoms with Gasteiger partial charge in [0.15, 0.2) is 0 Å². The number of nitrogens with one attached hydrogen (secondary N) is 1. The van der Waals surface area contributed by atoms with E-state index in [1.165, 1.54) is 0 Å². The van der Waals surface area contributed by atoms with Gasteiger partial charge in [0.1, 0.15) is 0 Å². The molecule has 27 heavy (non-hydrogen) atoms. The number of halogens is 2. The molecule has 0 saturated carbocycles. The molecule has 0 fully saturated rings. The summed E-state index contributed by atoms with van der Waals surface area (Å²) in [6.07, 6.45) is 1.75. The highest BCUT2D eigenvalue weighted by atomic mass is 79.9. The van der Waals surface area contributed by atoms with Gasteiger partial charge in [-0.2, -0.15) is 10.2 Å². The number of rotatable bonds is 6. The molecule has 0 aliphatic heterocycles. The van der Waals surface area contributed by atoms with Crippen LogP contribution < -0.4 is 5.32 Å². The van der Waals surface area contributed by atoms with E-state index in [1.54, 1.807) is 6.20 Å². The summed E-state index contributed by atoms with van der Waals surface area (Å²) in [4.78, 5) is 12.6. The Kier molecular flexibility index (Phi) is 6.16. The first-order valence-corrected chi connectivity index (χ1v) is 10.3. The lowest BCUT2D eigenvalue weighted by atomic mass is 10.1. The van der Waals surface area contributed by atoms with E-state index in [1.807, 2.05) is 54.4 Å². The molecule has 142 valence electrons. The highest BCUT2D eigenvalue weighted by molar-refractivity contribution is 9.10. The molecule has 1 amide bonds. The number of carbonyl (C=O) groups excluding carboxylic acids is 1. The number of hydrogen-bond acceptors (Lipinski definition) is 3. The molecule has 0 aliphatic rings. The van der Waals surface area contributed by atoms with E-state index in [-0.39, 0.29) is 5.91 Å². The average molecular weight is 495 g/mol. The maximum atomic E-state index is 12.6. The second-order valence-electron chi connectivity index (χ2n) is 6.28. The van der Waals surface area contributed by atoms with Crippen LogP contribution in [0.25, 0.3) is 0 Å². The standard InChI is InChI=1S/C19H21Br2N5O/c1-4-25-17(16(20)9-23-25)10-22-19(27)15-7-5-6-14(8-15)11-26-13(3)18(21)12(2)24-26/h5-9H,4,10-11H2,1-3H3,(H,22,27). The van der Waals surface area contributed by atoms with Crippen LogP contribution in [0.3, 0.4) is 0 Å². The van der Waals surface area contributed by atoms with Gasteiger partial charge in [-0.15, -0.1) is 0 Å². The molecule has 3 aromatic rings. The van der Waals surface area contributed by atoms with Gasteiger partial charge < -0.3 is 5.32 Å². The molecule has 0 radical (unpaired) electrons. The summed E-state index contributed by atoms with van der Waals surface area (Å²) >= 11 is 7.03. The summed E-state index contributed by atoms with van der Waals surface area (Å²) in [6.45, 7) is 7.80. The highest BCUT2D eigenvalue weighted by Gasteiger charge is 2.13. The van der Waals surface area contributed by atoms with Crippen molar-refractivity contribution in [3.05, 3.63) is 67.6 Å². The van der Waals surface area contributed by atoms with Gasteiger partial charge in [0.25, 0.3) is 5.91 Å². The number of hydrogen-bond donors (Lipinski definition) is 1. The first kappa shape index (κ1) is 19.8. The van der Waals surface area contributed by atoms with Gasteiger partial charge in [0, 0.05) is 12.1 Å². The Morgan fingerprint density at radius 1 is 1.22 bits per heavy atom. The van der Waals surface area contributed by atoms with Crippen molar-refractivity contribution in [2.24, 2.45) is 0 Å². The lowest BCUT2D eigenvalue weighted by Gasteiger charge is -2.10. The third-order valence-corrected chi connectivity index (χ3v) is 6.24. The predicted molar refractivity (Wildman–Crippen MR) is 112 cm³/mol. The minimum Gasteiger partial charge on any atom is -0.346 e. The van der Waals surface area contributed by atoms with Crippen LogP contribution in [-0.4, -0.2) is 25.5 Å². The Bertz CT molecular complexity index is 977. The molecule has 0 saturated heterocycles. The zero-order valence-corrected chi connectivity index (χ0v) is 18.6. The van der Waals surface area contributed by atoms with Crippen LogP contribution >= 0.6 is 31.9 Å². The number of carbonyl (C=O) groups is 1. The van der Waals surface area contributed by atoms with E-state index in [9.17, 15) is 4.79 Å². The molecular formula is C19H21Br2N5O. The highest BCUT2D eigenvalue weighted by Crippen LogP contribution is 2.21. The molecule has 3 rings (SSSR count). The van der Waals surface area contributed by atoms with E-state index in [0.29, 0.717) is 18.7 Å². The van der Waals surface area contributed by atoms with Gasteiger partial charge >= 0.3 is 0 Å². The van der Waals surface area contributed by atoms with Gasteiger partial charge in [-0.25, -0.2) is 0 Å². The fourth-order valence-corrected chi connectivity index (χ4v) is 3.64. The molecule has 0 atom stereocenters. The van der Waals surface area contributed by atoms with Crippen molar-refractivity contribution in [3.63, 3.8) is 0 Å². The van der Waals surface area contributed by atoms with Crippen molar-refractivity contribution in [1.29, 1.82) is 0 Å². The molecule has 1 aromatic carbocycles. The van der Waals surface area contributed by atoms with E-state index < -0.39 is 0 Å². The third kappa shape index (κ3) is 4.32. The molecule has 0 bridgehead atoms. The van der Waals surface area contributed by atoms with Crippen LogP contribution in [0.2, 0.25) is 0 Å². The summed E-state index contributed by atoms with van der Waals surface area (Å²) in [5, 5.41) is 11.8. The first-order chi connectivity index (χ1) is 12.9. The van der Waals surface area contributed by atoms with Crippen molar-refractivity contribution in [1.82, 2.24) is 24.9 Å². The van der Waals surface area contributed by atoms with Crippen LogP contribution in [0.4, 0.5) is 0 Å². The van der Waals surface area contributed by atoms with E-state index in [4.69, 9.17) is 0 Å². The summed E-state index contributed by atoms with van der Waals surface area (Å²) in [7, 11) is 0. The molecule has 6 nitrogen and oxygen atoms in total. The van der Waals surface area contributed by atoms with E-state index in [0.717, 1.165) is 38.1 Å². The van der Waals surface area contributed by atoms with Crippen LogP contribution in [0, 0.1) is 13.8 Å². The van der Waals surface area contributed by atoms with Crippen LogP contribution in [-0.2, 0) is 19.6 Å². The zero-order chi connectivity index (χ0) is 19.6. The molecule has 8 heteroatoms. The maximum absolute atomic E-state index is 12.6. The van der Waals surface area contributed by atoms with Crippen molar-refractivity contribution < 1.29 is 4.79 Å². The Hall–Kier alpha value is -1.93. The minimum absolute atomic E-state index is 0.109. The second kappa shape index (κ2) is 8.39. The molecule has 0 unspecified atom stereocenters. The SMILES string of the molecule is CCn1ncc(Br)c1CNC(=O)c1cccc(Cn2nc(C)c(Br)c2C)c1. The largest absolute Gasteiger partial charge is 0.346 e. The maximum Gasteiger partial charge on any atom is 0.251 e. The Morgan fingerprint density at radius 2 is 2.00 bits per heavy atom. The quantitative estimate of drug-likeness (QED) is 0.558. The van der Waals surface area contributed by atoms with Gasteiger partial charge in [-0.3, -0.25) is 14.2 Å². The fraction of sp³-hybridized carbons (Fsp3) is 0.316. The lowest BCUT2D eigenvalue weighted by molar-refractivity contribution is 0.0949.